The Morgan fingerprint density at radius 3 is 2.18 bits per heavy atom. The van der Waals surface area contributed by atoms with Gasteiger partial charge in [-0.2, -0.15) is 0 Å². The molecule has 0 aliphatic rings. The minimum atomic E-state index is -5.00. The van der Waals surface area contributed by atoms with Crippen LogP contribution in [0.5, 0.6) is 5.75 Å². The molecule has 0 aromatic heterocycles. The molecule has 1 nitrogen and oxygen atoms in total. The summed E-state index contributed by atoms with van der Waals surface area (Å²) >= 11 is 0. The minimum absolute atomic E-state index is 0.0902. The first-order valence-electron chi connectivity index (χ1n) is 10.1. The van der Waals surface area contributed by atoms with E-state index in [0.717, 1.165) is 29.7 Å². The molecule has 0 aliphatic carbocycles. The van der Waals surface area contributed by atoms with E-state index in [-0.39, 0.29) is 11.1 Å². The van der Waals surface area contributed by atoms with Crippen molar-refractivity contribution >= 4 is 10.8 Å². The normalized spacial score (nSPS) is 11.2. The third kappa shape index (κ3) is 5.15. The van der Waals surface area contributed by atoms with E-state index < -0.39 is 23.7 Å². The van der Waals surface area contributed by atoms with Crippen molar-refractivity contribution in [1.82, 2.24) is 0 Å². The maximum Gasteiger partial charge on any atom is 0.573 e. The van der Waals surface area contributed by atoms with E-state index in [0.29, 0.717) is 10.8 Å². The zero-order chi connectivity index (χ0) is 23.6. The zero-order valence-electron chi connectivity index (χ0n) is 17.4. The summed E-state index contributed by atoms with van der Waals surface area (Å²) in [4.78, 5) is 0. The first kappa shape index (κ1) is 22.3. The molecule has 0 radical (unpaired) electrons. The molecule has 4 aromatic rings. The fraction of sp³-hybridized carbons (Fsp3) is 0.111. The Kier molecular flexibility index (Phi) is 6.06. The summed E-state index contributed by atoms with van der Waals surface area (Å²) in [5, 5.41) is 1.09. The van der Waals surface area contributed by atoms with E-state index in [1.807, 2.05) is 24.3 Å². The van der Waals surface area contributed by atoms with Crippen molar-refractivity contribution in [2.24, 2.45) is 0 Å². The monoisotopic (exact) mass is 452 g/mol. The van der Waals surface area contributed by atoms with E-state index in [2.05, 4.69) is 35.6 Å². The van der Waals surface area contributed by atoms with Crippen LogP contribution in [0.25, 0.3) is 21.9 Å². The Balaban J connectivity index is 1.61. The van der Waals surface area contributed by atoms with E-state index in [9.17, 15) is 17.6 Å². The maximum absolute atomic E-state index is 15.0. The highest BCUT2D eigenvalue weighted by molar-refractivity contribution is 5.89. The largest absolute Gasteiger partial charge is 0.573 e. The number of hydrogen-bond donors (Lipinski definition) is 0. The quantitative estimate of drug-likeness (QED) is 0.229. The van der Waals surface area contributed by atoms with Crippen molar-refractivity contribution in [1.29, 1.82) is 0 Å². The van der Waals surface area contributed by atoms with Crippen LogP contribution in [-0.4, -0.2) is 6.36 Å². The lowest BCUT2D eigenvalue weighted by atomic mass is 9.98. The second kappa shape index (κ2) is 8.95. The molecule has 166 valence electrons. The van der Waals surface area contributed by atoms with Crippen molar-refractivity contribution in [3.63, 3.8) is 0 Å². The van der Waals surface area contributed by atoms with E-state index in [4.69, 9.17) is 0 Å². The summed E-state index contributed by atoms with van der Waals surface area (Å²) in [5.41, 5.74) is 3.40. The summed E-state index contributed by atoms with van der Waals surface area (Å²) in [6, 6.07) is 19.7. The first-order chi connectivity index (χ1) is 15.7. The summed E-state index contributed by atoms with van der Waals surface area (Å²) in [5.74, 6) is 2.51. The average molecular weight is 452 g/mol. The number of aryl methyl sites for hydroxylation is 1. The van der Waals surface area contributed by atoms with Crippen molar-refractivity contribution in [2.75, 3.05) is 0 Å². The van der Waals surface area contributed by atoms with Crippen LogP contribution < -0.4 is 4.74 Å². The van der Waals surface area contributed by atoms with Crippen LogP contribution in [0.1, 0.15) is 23.6 Å². The van der Waals surface area contributed by atoms with Gasteiger partial charge in [0.05, 0.1) is 5.56 Å². The Labute approximate surface area is 187 Å². The van der Waals surface area contributed by atoms with E-state index >= 15 is 4.39 Å². The van der Waals surface area contributed by atoms with Gasteiger partial charge in [0.2, 0.25) is 0 Å². The molecule has 6 heteroatoms. The van der Waals surface area contributed by atoms with E-state index in [1.54, 1.807) is 12.1 Å². The van der Waals surface area contributed by atoms with Gasteiger partial charge in [-0.1, -0.05) is 61.2 Å². The summed E-state index contributed by atoms with van der Waals surface area (Å²) in [6.07, 6.45) is -4.05. The number of ether oxygens (including phenoxy) is 1. The van der Waals surface area contributed by atoms with Gasteiger partial charge in [0, 0.05) is 10.9 Å². The summed E-state index contributed by atoms with van der Waals surface area (Å²) < 4.78 is 69.2. The van der Waals surface area contributed by atoms with Crippen LogP contribution in [0.3, 0.4) is 0 Å². The standard InChI is InChI=1S/C27H17F5O/c1-2-17-3-7-19(8-4-17)21-12-13-23-22(16-21)11-10-20(26(23)29)9-5-18-6-14-25(24(28)15-18)33-27(30,31)32/h3-4,6-8,10-16H,2H2,1H3. The summed E-state index contributed by atoms with van der Waals surface area (Å²) in [7, 11) is 0. The SMILES string of the molecule is CCc1ccc(-c2ccc3c(F)c(C#Cc4ccc(OC(F)(F)F)c(F)c4)ccc3c2)cc1. The molecular formula is C27H17F5O. The Morgan fingerprint density at radius 1 is 0.788 bits per heavy atom. The predicted molar refractivity (Wildman–Crippen MR) is 118 cm³/mol. The number of rotatable bonds is 3. The van der Waals surface area contributed by atoms with Crippen molar-refractivity contribution in [2.45, 2.75) is 19.7 Å². The van der Waals surface area contributed by atoms with Crippen LogP contribution in [0.4, 0.5) is 22.0 Å². The fourth-order valence-corrected chi connectivity index (χ4v) is 3.43. The third-order valence-corrected chi connectivity index (χ3v) is 5.15. The van der Waals surface area contributed by atoms with Gasteiger partial charge in [-0.3, -0.25) is 0 Å². The molecule has 0 spiro atoms. The van der Waals surface area contributed by atoms with Crippen molar-refractivity contribution in [3.05, 3.63) is 101 Å². The van der Waals surface area contributed by atoms with Crippen LogP contribution in [0, 0.1) is 23.5 Å². The maximum atomic E-state index is 15.0. The molecule has 4 aromatic carbocycles. The molecule has 33 heavy (non-hydrogen) atoms. The molecule has 0 atom stereocenters. The zero-order valence-corrected chi connectivity index (χ0v) is 17.4. The predicted octanol–water partition coefficient (Wildman–Crippen LogP) is 7.65. The molecule has 4 rings (SSSR count). The highest BCUT2D eigenvalue weighted by Gasteiger charge is 2.32. The first-order valence-corrected chi connectivity index (χ1v) is 10.1. The van der Waals surface area contributed by atoms with Crippen molar-refractivity contribution in [3.8, 4) is 28.7 Å². The molecule has 0 saturated heterocycles. The Bertz CT molecular complexity index is 1380. The van der Waals surface area contributed by atoms with Gasteiger partial charge in [-0.15, -0.1) is 13.2 Å². The molecule has 0 fully saturated rings. The van der Waals surface area contributed by atoms with E-state index in [1.165, 1.54) is 17.7 Å². The van der Waals surface area contributed by atoms with Crippen LogP contribution in [0.2, 0.25) is 0 Å². The van der Waals surface area contributed by atoms with Gasteiger partial charge in [-0.25, -0.2) is 8.78 Å². The van der Waals surface area contributed by atoms with Gasteiger partial charge >= 0.3 is 6.36 Å². The number of halogens is 5. The molecule has 0 saturated carbocycles. The van der Waals surface area contributed by atoms with Crippen LogP contribution in [-0.2, 0) is 6.42 Å². The topological polar surface area (TPSA) is 9.23 Å². The Morgan fingerprint density at radius 2 is 1.52 bits per heavy atom. The molecule has 0 amide bonds. The molecule has 0 N–H and O–H groups in total. The highest BCUT2D eigenvalue weighted by Crippen LogP contribution is 2.28. The van der Waals surface area contributed by atoms with Gasteiger partial charge in [0.25, 0.3) is 0 Å². The highest BCUT2D eigenvalue weighted by atomic mass is 19.4. The number of benzene rings is 4. The van der Waals surface area contributed by atoms with Gasteiger partial charge < -0.3 is 4.74 Å². The molecule has 0 heterocycles. The second-order valence-corrected chi connectivity index (χ2v) is 7.36. The Hall–Kier alpha value is -3.85. The lowest BCUT2D eigenvalue weighted by Gasteiger charge is -2.09. The van der Waals surface area contributed by atoms with Gasteiger partial charge in [0.15, 0.2) is 11.6 Å². The minimum Gasteiger partial charge on any atom is -0.403 e. The van der Waals surface area contributed by atoms with Gasteiger partial charge in [-0.05, 0) is 58.8 Å². The second-order valence-electron chi connectivity index (χ2n) is 7.36. The lowest BCUT2D eigenvalue weighted by molar-refractivity contribution is -0.275. The lowest BCUT2D eigenvalue weighted by Crippen LogP contribution is -2.17. The third-order valence-electron chi connectivity index (χ3n) is 5.15. The summed E-state index contributed by atoms with van der Waals surface area (Å²) in [6.45, 7) is 2.09. The number of alkyl halides is 3. The van der Waals surface area contributed by atoms with Crippen LogP contribution in [0.15, 0.2) is 72.8 Å². The number of hydrogen-bond acceptors (Lipinski definition) is 1. The molecular weight excluding hydrogens is 435 g/mol. The molecule has 0 bridgehead atoms. The molecule has 0 aliphatic heterocycles. The fourth-order valence-electron chi connectivity index (χ4n) is 3.43. The van der Waals surface area contributed by atoms with Gasteiger partial charge in [0.1, 0.15) is 5.82 Å². The molecule has 0 unspecified atom stereocenters. The average Bonchev–Trinajstić information content (AvgIpc) is 2.79. The number of fused-ring (bicyclic) bond motifs is 1. The van der Waals surface area contributed by atoms with Crippen molar-refractivity contribution < 1.29 is 26.7 Å². The smallest absolute Gasteiger partial charge is 0.403 e. The van der Waals surface area contributed by atoms with Crippen LogP contribution >= 0.6 is 0 Å².